The Kier molecular flexibility index (Phi) is 4.82. The lowest BCUT2D eigenvalue weighted by Gasteiger charge is -2.14. The number of thioether (sulfide) groups is 1. The highest BCUT2D eigenvalue weighted by atomic mass is 32.2. The van der Waals surface area contributed by atoms with Crippen LogP contribution in [0.5, 0.6) is 0 Å². The van der Waals surface area contributed by atoms with Crippen LogP contribution in [-0.2, 0) is 4.79 Å². The summed E-state index contributed by atoms with van der Waals surface area (Å²) >= 11 is 3.10. The van der Waals surface area contributed by atoms with E-state index < -0.39 is 0 Å². The number of carbonyl (C=O) groups excluding carboxylic acids is 1. The van der Waals surface area contributed by atoms with E-state index in [0.29, 0.717) is 0 Å². The number of aromatic nitrogens is 2. The van der Waals surface area contributed by atoms with Gasteiger partial charge in [-0.2, -0.15) is 0 Å². The number of nitrogens with zero attached hydrogens (tertiary/aromatic N) is 2. The maximum Gasteiger partial charge on any atom is 0.147 e. The lowest BCUT2D eigenvalue weighted by atomic mass is 10.1. The minimum Gasteiger partial charge on any atom is -0.298 e. The van der Waals surface area contributed by atoms with Crippen molar-refractivity contribution in [3.8, 4) is 11.1 Å². The zero-order valence-electron chi connectivity index (χ0n) is 14.1. The molecule has 0 aliphatic heterocycles. The van der Waals surface area contributed by atoms with Crippen molar-refractivity contribution in [1.29, 1.82) is 0 Å². The van der Waals surface area contributed by atoms with Crippen molar-refractivity contribution < 1.29 is 4.79 Å². The average Bonchev–Trinajstić information content (AvgIpc) is 3.12. The predicted octanol–water partition coefficient (Wildman–Crippen LogP) is 5.78. The fourth-order valence-electron chi connectivity index (χ4n) is 2.89. The lowest BCUT2D eigenvalue weighted by molar-refractivity contribution is -0.116. The third-order valence-corrected chi connectivity index (χ3v) is 6.38. The molecule has 0 saturated carbocycles. The molecule has 4 rings (SSSR count). The maximum atomic E-state index is 12.3. The van der Waals surface area contributed by atoms with E-state index in [-0.39, 0.29) is 11.0 Å². The summed E-state index contributed by atoms with van der Waals surface area (Å²) in [6, 6.07) is 20.1. The van der Waals surface area contributed by atoms with Crippen LogP contribution in [0.4, 0.5) is 0 Å². The van der Waals surface area contributed by atoms with Crippen molar-refractivity contribution in [2.24, 2.45) is 0 Å². The first-order valence-corrected chi connectivity index (χ1v) is 9.99. The molecule has 1 atom stereocenters. The molecular formula is C21H16N2OS2. The minimum absolute atomic E-state index is 0.115. The van der Waals surface area contributed by atoms with Gasteiger partial charge in [-0.05, 0) is 18.1 Å². The van der Waals surface area contributed by atoms with Crippen LogP contribution in [-0.4, -0.2) is 15.8 Å². The number of thiophene rings is 1. The Labute approximate surface area is 160 Å². The van der Waals surface area contributed by atoms with Crippen molar-refractivity contribution in [2.75, 3.05) is 0 Å². The number of hydrogen-bond donors (Lipinski definition) is 0. The van der Waals surface area contributed by atoms with Crippen molar-refractivity contribution in [3.05, 3.63) is 77.9 Å². The first-order valence-electron chi connectivity index (χ1n) is 8.23. The fraction of sp³-hybridized carbons (Fsp3) is 0.0952. The molecule has 0 saturated heterocycles. The topological polar surface area (TPSA) is 42.9 Å². The number of benzene rings is 2. The highest BCUT2D eigenvalue weighted by molar-refractivity contribution is 8.00. The molecule has 0 aliphatic rings. The smallest absolute Gasteiger partial charge is 0.147 e. The van der Waals surface area contributed by atoms with E-state index in [1.165, 1.54) is 11.8 Å². The number of ketones is 1. The summed E-state index contributed by atoms with van der Waals surface area (Å²) in [5, 5.41) is 3.71. The van der Waals surface area contributed by atoms with Crippen LogP contribution < -0.4 is 0 Å². The summed E-state index contributed by atoms with van der Waals surface area (Å²) in [6.45, 7) is 1.63. The number of fused-ring (bicyclic) bond motifs is 1. The summed E-state index contributed by atoms with van der Waals surface area (Å²) in [4.78, 5) is 22.2. The Balaban J connectivity index is 1.81. The number of carbonyl (C=O) groups is 1. The largest absolute Gasteiger partial charge is 0.298 e. The Morgan fingerprint density at radius 2 is 1.69 bits per heavy atom. The summed E-state index contributed by atoms with van der Waals surface area (Å²) in [6.07, 6.45) is 1.58. The third kappa shape index (κ3) is 3.28. The quantitative estimate of drug-likeness (QED) is 0.327. The molecule has 128 valence electrons. The van der Waals surface area contributed by atoms with Gasteiger partial charge in [-0.25, -0.2) is 9.97 Å². The van der Waals surface area contributed by atoms with Gasteiger partial charge in [0.05, 0.1) is 10.6 Å². The van der Waals surface area contributed by atoms with Gasteiger partial charge in [-0.1, -0.05) is 72.4 Å². The second-order valence-electron chi connectivity index (χ2n) is 5.89. The van der Waals surface area contributed by atoms with Crippen LogP contribution in [0.1, 0.15) is 17.7 Å². The van der Waals surface area contributed by atoms with Crippen molar-refractivity contribution in [2.45, 2.75) is 17.2 Å². The molecule has 0 fully saturated rings. The van der Waals surface area contributed by atoms with Gasteiger partial charge in [0, 0.05) is 10.9 Å². The molecule has 0 bridgehead atoms. The molecule has 2 aromatic carbocycles. The zero-order chi connectivity index (χ0) is 17.9. The van der Waals surface area contributed by atoms with E-state index in [1.807, 2.05) is 48.5 Å². The van der Waals surface area contributed by atoms with E-state index in [2.05, 4.69) is 27.5 Å². The molecule has 0 radical (unpaired) electrons. The molecule has 5 heteroatoms. The van der Waals surface area contributed by atoms with Gasteiger partial charge >= 0.3 is 0 Å². The van der Waals surface area contributed by atoms with E-state index in [0.717, 1.165) is 31.9 Å². The monoisotopic (exact) mass is 376 g/mol. The SMILES string of the molecule is CC(=O)[C@H](Sc1ncnc2scc(-c3ccccc3)c12)c1ccccc1. The summed E-state index contributed by atoms with van der Waals surface area (Å²) in [7, 11) is 0. The maximum absolute atomic E-state index is 12.3. The van der Waals surface area contributed by atoms with E-state index in [4.69, 9.17) is 0 Å². The average molecular weight is 377 g/mol. The Bertz CT molecular complexity index is 1050. The number of rotatable bonds is 5. The first-order chi connectivity index (χ1) is 12.7. The molecule has 0 unspecified atom stereocenters. The summed E-state index contributed by atoms with van der Waals surface area (Å²) < 4.78 is 0. The zero-order valence-corrected chi connectivity index (χ0v) is 15.8. The van der Waals surface area contributed by atoms with Gasteiger partial charge in [0.25, 0.3) is 0 Å². The minimum atomic E-state index is -0.280. The van der Waals surface area contributed by atoms with E-state index in [1.54, 1.807) is 24.6 Å². The molecule has 2 heterocycles. The van der Waals surface area contributed by atoms with Gasteiger partial charge in [0.1, 0.15) is 22.0 Å². The van der Waals surface area contributed by atoms with E-state index in [9.17, 15) is 4.79 Å². The molecule has 2 aromatic heterocycles. The van der Waals surface area contributed by atoms with Crippen molar-refractivity contribution in [1.82, 2.24) is 9.97 Å². The van der Waals surface area contributed by atoms with Gasteiger partial charge in [-0.3, -0.25) is 4.79 Å². The Morgan fingerprint density at radius 1 is 1.00 bits per heavy atom. The standard InChI is InChI=1S/C21H16N2OS2/c1-14(24)19(16-10-6-3-7-11-16)26-21-18-17(15-8-4-2-5-9-15)12-25-20(18)22-13-23-21/h2-13,19H,1H3/t19-/m0/s1. The number of Topliss-reactive ketones (excluding diaryl/α,β-unsaturated/α-hetero) is 1. The first kappa shape index (κ1) is 16.9. The normalized spacial score (nSPS) is 12.2. The van der Waals surface area contributed by atoms with Gasteiger partial charge < -0.3 is 0 Å². The molecule has 26 heavy (non-hydrogen) atoms. The van der Waals surface area contributed by atoms with Crippen LogP contribution in [0.3, 0.4) is 0 Å². The number of hydrogen-bond acceptors (Lipinski definition) is 5. The Morgan fingerprint density at radius 3 is 2.38 bits per heavy atom. The Hall–Kier alpha value is -2.50. The van der Waals surface area contributed by atoms with Gasteiger partial charge in [0.15, 0.2) is 0 Å². The van der Waals surface area contributed by atoms with Crippen LogP contribution in [0.25, 0.3) is 21.3 Å². The second-order valence-corrected chi connectivity index (χ2v) is 7.85. The molecule has 0 N–H and O–H groups in total. The summed E-state index contributed by atoms with van der Waals surface area (Å²) in [5.41, 5.74) is 3.24. The molecule has 4 aromatic rings. The van der Waals surface area contributed by atoms with Crippen LogP contribution in [0, 0.1) is 0 Å². The van der Waals surface area contributed by atoms with E-state index >= 15 is 0 Å². The highest BCUT2D eigenvalue weighted by Crippen LogP contribution is 2.42. The summed E-state index contributed by atoms with van der Waals surface area (Å²) in [5.74, 6) is 0.115. The van der Waals surface area contributed by atoms with Gasteiger partial charge in [-0.15, -0.1) is 11.3 Å². The molecule has 0 amide bonds. The predicted molar refractivity (Wildman–Crippen MR) is 109 cm³/mol. The van der Waals surface area contributed by atoms with Crippen molar-refractivity contribution in [3.63, 3.8) is 0 Å². The van der Waals surface area contributed by atoms with Crippen molar-refractivity contribution >= 4 is 39.1 Å². The van der Waals surface area contributed by atoms with Crippen LogP contribution in [0.2, 0.25) is 0 Å². The van der Waals surface area contributed by atoms with Crippen LogP contribution in [0.15, 0.2) is 77.4 Å². The fourth-order valence-corrected chi connectivity index (χ4v) is 4.99. The molecular weight excluding hydrogens is 360 g/mol. The van der Waals surface area contributed by atoms with Crippen LogP contribution >= 0.6 is 23.1 Å². The third-order valence-electron chi connectivity index (χ3n) is 4.12. The molecule has 3 nitrogen and oxygen atoms in total. The second kappa shape index (κ2) is 7.40. The molecule has 0 spiro atoms. The lowest BCUT2D eigenvalue weighted by Crippen LogP contribution is -2.05. The van der Waals surface area contributed by atoms with Gasteiger partial charge in [0.2, 0.25) is 0 Å². The molecule has 0 aliphatic carbocycles. The highest BCUT2D eigenvalue weighted by Gasteiger charge is 2.22.